The van der Waals surface area contributed by atoms with Crippen molar-refractivity contribution in [1.29, 1.82) is 0 Å². The molecule has 2 rings (SSSR count). The number of hydrogen-bond donors (Lipinski definition) is 1. The Labute approximate surface area is 96.9 Å². The lowest BCUT2D eigenvalue weighted by Crippen LogP contribution is -1.95. The summed E-state index contributed by atoms with van der Waals surface area (Å²) in [5, 5.41) is 0. The van der Waals surface area contributed by atoms with Gasteiger partial charge in [-0.2, -0.15) is 0 Å². The molecule has 2 aromatic carbocycles. The van der Waals surface area contributed by atoms with Crippen molar-refractivity contribution in [3.63, 3.8) is 0 Å². The summed E-state index contributed by atoms with van der Waals surface area (Å²) in [4.78, 5) is 0. The summed E-state index contributed by atoms with van der Waals surface area (Å²) in [7, 11) is 0. The molecule has 0 aromatic heterocycles. The lowest BCUT2D eigenvalue weighted by Gasteiger charge is -2.05. The molecule has 0 heterocycles. The van der Waals surface area contributed by atoms with Crippen molar-refractivity contribution in [2.75, 3.05) is 5.73 Å². The van der Waals surface area contributed by atoms with Crippen LogP contribution in [0.4, 0.5) is 5.69 Å². The zero-order valence-corrected chi connectivity index (χ0v) is 9.39. The predicted molar refractivity (Wildman–Crippen MR) is 69.3 cm³/mol. The molecule has 0 radical (unpaired) electrons. The van der Waals surface area contributed by atoms with Crippen LogP contribution in [0.2, 0.25) is 0 Å². The lowest BCUT2D eigenvalue weighted by atomic mass is 10.0. The van der Waals surface area contributed by atoms with Crippen LogP contribution in [-0.4, -0.2) is 0 Å². The minimum atomic E-state index is 0.913. The number of anilines is 1. The average Bonchev–Trinajstić information content (AvgIpc) is 2.33. The summed E-state index contributed by atoms with van der Waals surface area (Å²) in [5.41, 5.74) is 9.48. The number of rotatable bonds is 4. The number of aryl methyl sites for hydroxylation is 2. The van der Waals surface area contributed by atoms with Crippen molar-refractivity contribution in [3.05, 3.63) is 65.7 Å². The Morgan fingerprint density at radius 1 is 0.750 bits per heavy atom. The van der Waals surface area contributed by atoms with Gasteiger partial charge in [-0.25, -0.2) is 0 Å². The Balaban J connectivity index is 1.87. The molecule has 0 aliphatic heterocycles. The van der Waals surface area contributed by atoms with E-state index >= 15 is 0 Å². The van der Waals surface area contributed by atoms with Crippen LogP contribution in [0.25, 0.3) is 0 Å². The van der Waals surface area contributed by atoms with Crippen molar-refractivity contribution < 1.29 is 0 Å². The highest BCUT2D eigenvalue weighted by Crippen LogP contribution is 2.14. The van der Waals surface area contributed by atoms with Crippen LogP contribution in [-0.2, 0) is 12.8 Å². The molecule has 0 bridgehead atoms. The smallest absolute Gasteiger partial charge is 0.0346 e. The van der Waals surface area contributed by atoms with Gasteiger partial charge in [0.15, 0.2) is 0 Å². The third-order valence-corrected chi connectivity index (χ3v) is 2.81. The van der Waals surface area contributed by atoms with E-state index in [1.165, 1.54) is 11.1 Å². The first kappa shape index (κ1) is 10.7. The third-order valence-electron chi connectivity index (χ3n) is 2.81. The van der Waals surface area contributed by atoms with E-state index in [-0.39, 0.29) is 0 Å². The number of nitrogen functional groups attached to an aromatic ring is 1. The van der Waals surface area contributed by atoms with Crippen LogP contribution in [0.5, 0.6) is 0 Å². The maximum atomic E-state index is 5.90. The minimum Gasteiger partial charge on any atom is -0.399 e. The lowest BCUT2D eigenvalue weighted by molar-refractivity contribution is 0.822. The summed E-state index contributed by atoms with van der Waals surface area (Å²) in [6, 6.07) is 18.7. The van der Waals surface area contributed by atoms with E-state index in [1.54, 1.807) is 0 Å². The molecule has 16 heavy (non-hydrogen) atoms. The molecule has 0 spiro atoms. The molecular formula is C15H17N. The van der Waals surface area contributed by atoms with Gasteiger partial charge in [-0.3, -0.25) is 0 Å². The van der Waals surface area contributed by atoms with Crippen LogP contribution < -0.4 is 5.73 Å². The molecule has 2 aromatic rings. The van der Waals surface area contributed by atoms with Crippen molar-refractivity contribution in [1.82, 2.24) is 0 Å². The van der Waals surface area contributed by atoms with E-state index in [1.807, 2.05) is 18.2 Å². The van der Waals surface area contributed by atoms with Gasteiger partial charge in [-0.15, -0.1) is 0 Å². The summed E-state index contributed by atoms with van der Waals surface area (Å²) in [6.45, 7) is 0. The maximum Gasteiger partial charge on any atom is 0.0346 e. The SMILES string of the molecule is Nc1ccccc1CCCc1ccccc1. The van der Waals surface area contributed by atoms with Crippen LogP contribution >= 0.6 is 0 Å². The molecule has 0 saturated heterocycles. The van der Waals surface area contributed by atoms with Gasteiger partial charge in [0.05, 0.1) is 0 Å². The van der Waals surface area contributed by atoms with Gasteiger partial charge in [0, 0.05) is 5.69 Å². The second kappa shape index (κ2) is 5.36. The van der Waals surface area contributed by atoms with Crippen LogP contribution in [0.15, 0.2) is 54.6 Å². The van der Waals surface area contributed by atoms with Crippen molar-refractivity contribution in [2.24, 2.45) is 0 Å². The van der Waals surface area contributed by atoms with Crippen molar-refractivity contribution in [2.45, 2.75) is 19.3 Å². The summed E-state index contributed by atoms with van der Waals surface area (Å²) < 4.78 is 0. The van der Waals surface area contributed by atoms with E-state index in [9.17, 15) is 0 Å². The van der Waals surface area contributed by atoms with Gasteiger partial charge >= 0.3 is 0 Å². The first-order valence-electron chi connectivity index (χ1n) is 5.73. The number of nitrogens with two attached hydrogens (primary N) is 1. The van der Waals surface area contributed by atoms with Crippen LogP contribution in [0, 0.1) is 0 Å². The highest BCUT2D eigenvalue weighted by atomic mass is 14.6. The van der Waals surface area contributed by atoms with E-state index in [4.69, 9.17) is 5.73 Å². The standard InChI is InChI=1S/C15H17N/c16-15-12-5-4-10-14(15)11-6-9-13-7-2-1-3-8-13/h1-5,7-8,10,12H,6,9,11,16H2. The van der Waals surface area contributed by atoms with Gasteiger partial charge in [0.25, 0.3) is 0 Å². The molecule has 0 atom stereocenters. The Morgan fingerprint density at radius 3 is 2.19 bits per heavy atom. The molecule has 0 amide bonds. The Morgan fingerprint density at radius 2 is 1.44 bits per heavy atom. The Hall–Kier alpha value is -1.76. The molecule has 0 aliphatic rings. The fraction of sp³-hybridized carbons (Fsp3) is 0.200. The normalized spacial score (nSPS) is 10.2. The largest absolute Gasteiger partial charge is 0.399 e. The summed E-state index contributed by atoms with van der Waals surface area (Å²) in [5.74, 6) is 0. The highest BCUT2D eigenvalue weighted by molar-refractivity contribution is 5.46. The third kappa shape index (κ3) is 2.86. The highest BCUT2D eigenvalue weighted by Gasteiger charge is 1.98. The molecule has 82 valence electrons. The monoisotopic (exact) mass is 211 g/mol. The van der Waals surface area contributed by atoms with E-state index < -0.39 is 0 Å². The molecular weight excluding hydrogens is 194 g/mol. The summed E-state index contributed by atoms with van der Waals surface area (Å²) in [6.07, 6.45) is 3.33. The molecule has 0 saturated carbocycles. The molecule has 0 unspecified atom stereocenters. The van der Waals surface area contributed by atoms with Crippen LogP contribution in [0.3, 0.4) is 0 Å². The minimum absolute atomic E-state index is 0.913. The summed E-state index contributed by atoms with van der Waals surface area (Å²) >= 11 is 0. The first-order chi connectivity index (χ1) is 7.86. The van der Waals surface area contributed by atoms with Gasteiger partial charge in [0.2, 0.25) is 0 Å². The Kier molecular flexibility index (Phi) is 3.60. The zero-order chi connectivity index (χ0) is 11.2. The van der Waals surface area contributed by atoms with Gasteiger partial charge in [-0.1, -0.05) is 48.5 Å². The van der Waals surface area contributed by atoms with Crippen LogP contribution in [0.1, 0.15) is 17.5 Å². The average molecular weight is 211 g/mol. The maximum absolute atomic E-state index is 5.90. The molecule has 1 nitrogen and oxygen atoms in total. The quantitative estimate of drug-likeness (QED) is 0.770. The predicted octanol–water partition coefficient (Wildman–Crippen LogP) is 3.44. The fourth-order valence-electron chi connectivity index (χ4n) is 1.89. The number of hydrogen-bond acceptors (Lipinski definition) is 1. The Bertz CT molecular complexity index is 434. The van der Waals surface area contributed by atoms with E-state index in [0.717, 1.165) is 24.9 Å². The van der Waals surface area contributed by atoms with Gasteiger partial charge in [0.1, 0.15) is 0 Å². The zero-order valence-electron chi connectivity index (χ0n) is 9.39. The van der Waals surface area contributed by atoms with Gasteiger partial charge in [-0.05, 0) is 36.5 Å². The fourth-order valence-corrected chi connectivity index (χ4v) is 1.89. The topological polar surface area (TPSA) is 26.0 Å². The molecule has 0 fully saturated rings. The van der Waals surface area contributed by atoms with Crippen molar-refractivity contribution in [3.8, 4) is 0 Å². The molecule has 1 heteroatoms. The van der Waals surface area contributed by atoms with Crippen molar-refractivity contribution >= 4 is 5.69 Å². The molecule has 0 aliphatic carbocycles. The first-order valence-corrected chi connectivity index (χ1v) is 5.73. The second-order valence-electron chi connectivity index (χ2n) is 4.04. The van der Waals surface area contributed by atoms with E-state index in [2.05, 4.69) is 36.4 Å². The number of para-hydroxylation sites is 1. The molecule has 2 N–H and O–H groups in total. The number of benzene rings is 2. The van der Waals surface area contributed by atoms with Gasteiger partial charge < -0.3 is 5.73 Å². The second-order valence-corrected chi connectivity index (χ2v) is 4.04. The van der Waals surface area contributed by atoms with E-state index in [0.29, 0.717) is 0 Å².